The molecule has 0 saturated heterocycles. The standard InChI is InChI=1S/C15H26O2/c1-11-5-9-15(10-6-11)12(13(2,3)16)7-8-14(15,4)17/h5,12,16-17H,6-10H2,1-4H3. The van der Waals surface area contributed by atoms with E-state index in [1.54, 1.807) is 0 Å². The summed E-state index contributed by atoms with van der Waals surface area (Å²) in [5, 5.41) is 21.2. The molecule has 0 bridgehead atoms. The van der Waals surface area contributed by atoms with Crippen LogP contribution in [0.5, 0.6) is 0 Å². The van der Waals surface area contributed by atoms with Crippen molar-refractivity contribution in [2.24, 2.45) is 11.3 Å². The average molecular weight is 238 g/mol. The van der Waals surface area contributed by atoms with E-state index >= 15 is 0 Å². The van der Waals surface area contributed by atoms with Gasteiger partial charge in [0.2, 0.25) is 0 Å². The minimum absolute atomic E-state index is 0.120. The van der Waals surface area contributed by atoms with Crippen LogP contribution < -0.4 is 0 Å². The Labute approximate surface area is 105 Å². The Bertz CT molecular complexity index is 335. The summed E-state index contributed by atoms with van der Waals surface area (Å²) < 4.78 is 0. The van der Waals surface area contributed by atoms with E-state index in [0.29, 0.717) is 0 Å². The molecule has 1 saturated carbocycles. The number of hydrogen-bond acceptors (Lipinski definition) is 2. The van der Waals surface area contributed by atoms with Crippen molar-refractivity contribution >= 4 is 0 Å². The molecule has 98 valence electrons. The molecule has 3 atom stereocenters. The first kappa shape index (κ1) is 13.1. The van der Waals surface area contributed by atoms with Crippen molar-refractivity contribution in [2.45, 2.75) is 71.0 Å². The number of hydrogen-bond donors (Lipinski definition) is 2. The van der Waals surface area contributed by atoms with Gasteiger partial charge in [-0.1, -0.05) is 11.6 Å². The fourth-order valence-electron chi connectivity index (χ4n) is 4.14. The second kappa shape index (κ2) is 3.83. The van der Waals surface area contributed by atoms with Gasteiger partial charge in [-0.05, 0) is 65.7 Å². The largest absolute Gasteiger partial charge is 0.390 e. The second-order valence-corrected chi connectivity index (χ2v) is 6.93. The first-order chi connectivity index (χ1) is 7.69. The fraction of sp³-hybridized carbons (Fsp3) is 0.867. The van der Waals surface area contributed by atoms with E-state index in [0.717, 1.165) is 32.1 Å². The molecule has 3 unspecified atom stereocenters. The van der Waals surface area contributed by atoms with E-state index in [4.69, 9.17) is 0 Å². The molecule has 17 heavy (non-hydrogen) atoms. The van der Waals surface area contributed by atoms with Gasteiger partial charge in [0.05, 0.1) is 11.2 Å². The van der Waals surface area contributed by atoms with E-state index in [1.807, 2.05) is 20.8 Å². The van der Waals surface area contributed by atoms with Gasteiger partial charge in [0, 0.05) is 5.41 Å². The molecule has 1 spiro atoms. The van der Waals surface area contributed by atoms with Crippen molar-refractivity contribution in [1.29, 1.82) is 0 Å². The normalized spacial score (nSPS) is 42.9. The summed E-state index contributed by atoms with van der Waals surface area (Å²) in [6.07, 6.45) is 7.00. The van der Waals surface area contributed by atoms with Gasteiger partial charge in [-0.15, -0.1) is 0 Å². The molecule has 1 fully saturated rings. The van der Waals surface area contributed by atoms with Crippen LogP contribution in [0.4, 0.5) is 0 Å². The lowest BCUT2D eigenvalue weighted by atomic mass is 9.59. The summed E-state index contributed by atoms with van der Waals surface area (Å²) in [5.41, 5.74) is -0.0213. The van der Waals surface area contributed by atoms with Crippen LogP contribution in [0.25, 0.3) is 0 Å². The molecule has 2 N–H and O–H groups in total. The quantitative estimate of drug-likeness (QED) is 0.689. The van der Waals surface area contributed by atoms with Crippen molar-refractivity contribution in [3.05, 3.63) is 11.6 Å². The minimum atomic E-state index is -0.695. The average Bonchev–Trinajstić information content (AvgIpc) is 2.43. The highest BCUT2D eigenvalue weighted by Gasteiger charge is 2.59. The maximum absolute atomic E-state index is 10.7. The Hall–Kier alpha value is -0.340. The van der Waals surface area contributed by atoms with Crippen molar-refractivity contribution in [2.75, 3.05) is 0 Å². The summed E-state index contributed by atoms with van der Waals surface area (Å²) >= 11 is 0. The molecule has 2 nitrogen and oxygen atoms in total. The van der Waals surface area contributed by atoms with Crippen LogP contribution in [0.15, 0.2) is 11.6 Å². The number of rotatable bonds is 1. The highest BCUT2D eigenvalue weighted by molar-refractivity contribution is 5.18. The van der Waals surface area contributed by atoms with Crippen LogP contribution in [-0.4, -0.2) is 21.4 Å². The molecule has 0 aliphatic heterocycles. The monoisotopic (exact) mass is 238 g/mol. The summed E-state index contributed by atoms with van der Waals surface area (Å²) in [4.78, 5) is 0. The topological polar surface area (TPSA) is 40.5 Å². The molecular weight excluding hydrogens is 212 g/mol. The third-order valence-corrected chi connectivity index (χ3v) is 5.29. The Morgan fingerprint density at radius 2 is 2.00 bits per heavy atom. The first-order valence-electron chi connectivity index (χ1n) is 6.79. The number of aliphatic hydroxyl groups is 2. The van der Waals surface area contributed by atoms with Gasteiger partial charge < -0.3 is 10.2 Å². The maximum Gasteiger partial charge on any atom is 0.0682 e. The Morgan fingerprint density at radius 3 is 2.47 bits per heavy atom. The van der Waals surface area contributed by atoms with Crippen LogP contribution in [0.3, 0.4) is 0 Å². The van der Waals surface area contributed by atoms with Crippen LogP contribution in [0.2, 0.25) is 0 Å². The van der Waals surface area contributed by atoms with Gasteiger partial charge in [-0.2, -0.15) is 0 Å². The van der Waals surface area contributed by atoms with Crippen molar-refractivity contribution < 1.29 is 10.2 Å². The van der Waals surface area contributed by atoms with Gasteiger partial charge in [0.15, 0.2) is 0 Å². The molecule has 2 heteroatoms. The molecule has 2 aliphatic rings. The van der Waals surface area contributed by atoms with Crippen LogP contribution in [0.1, 0.15) is 59.8 Å². The lowest BCUT2D eigenvalue weighted by Crippen LogP contribution is -2.51. The highest BCUT2D eigenvalue weighted by atomic mass is 16.3. The molecule has 0 heterocycles. The predicted octanol–water partition coefficient (Wildman–Crippen LogP) is 3.03. The molecular formula is C15H26O2. The van der Waals surface area contributed by atoms with E-state index < -0.39 is 11.2 Å². The Balaban J connectivity index is 2.38. The van der Waals surface area contributed by atoms with Gasteiger partial charge >= 0.3 is 0 Å². The maximum atomic E-state index is 10.7. The molecule has 0 amide bonds. The zero-order valence-electron chi connectivity index (χ0n) is 11.6. The van der Waals surface area contributed by atoms with E-state index in [-0.39, 0.29) is 11.3 Å². The number of allylic oxidation sites excluding steroid dienone is 2. The fourth-order valence-corrected chi connectivity index (χ4v) is 4.14. The highest BCUT2D eigenvalue weighted by Crippen LogP contribution is 2.60. The third kappa shape index (κ3) is 1.96. The lowest BCUT2D eigenvalue weighted by molar-refractivity contribution is -0.118. The van der Waals surface area contributed by atoms with Crippen LogP contribution >= 0.6 is 0 Å². The van der Waals surface area contributed by atoms with Gasteiger partial charge in [-0.3, -0.25) is 0 Å². The summed E-state index contributed by atoms with van der Waals surface area (Å²) in [7, 11) is 0. The van der Waals surface area contributed by atoms with Crippen LogP contribution in [0, 0.1) is 11.3 Å². The summed E-state index contributed by atoms with van der Waals surface area (Å²) in [6.45, 7) is 7.92. The first-order valence-corrected chi connectivity index (χ1v) is 6.79. The van der Waals surface area contributed by atoms with Gasteiger partial charge in [0.1, 0.15) is 0 Å². The van der Waals surface area contributed by atoms with E-state index in [1.165, 1.54) is 5.57 Å². The zero-order valence-corrected chi connectivity index (χ0v) is 11.6. The lowest BCUT2D eigenvalue weighted by Gasteiger charge is -2.49. The Kier molecular flexibility index (Phi) is 2.95. The van der Waals surface area contributed by atoms with Crippen molar-refractivity contribution in [3.63, 3.8) is 0 Å². The summed E-state index contributed by atoms with van der Waals surface area (Å²) in [5.74, 6) is 0.203. The molecule has 0 aromatic rings. The summed E-state index contributed by atoms with van der Waals surface area (Å²) in [6, 6.07) is 0. The van der Waals surface area contributed by atoms with Crippen molar-refractivity contribution in [3.8, 4) is 0 Å². The Morgan fingerprint density at radius 1 is 1.35 bits per heavy atom. The minimum Gasteiger partial charge on any atom is -0.390 e. The SMILES string of the molecule is CC1=CCC2(CC1)C(C(C)(C)O)CCC2(C)O. The smallest absolute Gasteiger partial charge is 0.0682 e. The van der Waals surface area contributed by atoms with Crippen molar-refractivity contribution in [1.82, 2.24) is 0 Å². The molecule has 0 aromatic carbocycles. The van der Waals surface area contributed by atoms with Gasteiger partial charge in [-0.25, -0.2) is 0 Å². The van der Waals surface area contributed by atoms with E-state index in [9.17, 15) is 10.2 Å². The zero-order chi connectivity index (χ0) is 12.9. The predicted molar refractivity (Wildman–Crippen MR) is 69.7 cm³/mol. The molecule has 0 aromatic heterocycles. The molecule has 2 rings (SSSR count). The van der Waals surface area contributed by atoms with Crippen LogP contribution in [-0.2, 0) is 0 Å². The molecule has 2 aliphatic carbocycles. The third-order valence-electron chi connectivity index (χ3n) is 5.29. The second-order valence-electron chi connectivity index (χ2n) is 6.93. The molecule has 0 radical (unpaired) electrons. The van der Waals surface area contributed by atoms with Gasteiger partial charge in [0.25, 0.3) is 0 Å². The van der Waals surface area contributed by atoms with E-state index in [2.05, 4.69) is 13.0 Å².